The monoisotopic (exact) mass is 361 g/mol. The minimum Gasteiger partial charge on any atom is -0.461 e. The maximum absolute atomic E-state index is 13.1. The molecule has 1 aromatic rings. The maximum atomic E-state index is 13.1. The molecule has 0 aromatic carbocycles. The molecule has 0 bridgehead atoms. The summed E-state index contributed by atoms with van der Waals surface area (Å²) in [5, 5.41) is 0. The number of amides is 2. The van der Waals surface area contributed by atoms with Crippen LogP contribution in [0.5, 0.6) is 0 Å². The quantitative estimate of drug-likeness (QED) is 0.617. The van der Waals surface area contributed by atoms with Crippen molar-refractivity contribution in [3.63, 3.8) is 0 Å². The van der Waals surface area contributed by atoms with Gasteiger partial charge in [-0.2, -0.15) is 0 Å². The molecule has 0 spiro atoms. The van der Waals surface area contributed by atoms with E-state index >= 15 is 0 Å². The topological polar surface area (TPSA) is 94.6 Å². The molecule has 1 saturated heterocycles. The van der Waals surface area contributed by atoms with Crippen LogP contribution >= 0.6 is 0 Å². The van der Waals surface area contributed by atoms with Crippen molar-refractivity contribution in [2.45, 2.75) is 40.2 Å². The van der Waals surface area contributed by atoms with E-state index in [0.717, 1.165) is 0 Å². The lowest BCUT2D eigenvalue weighted by Crippen LogP contribution is -2.42. The summed E-state index contributed by atoms with van der Waals surface area (Å²) in [7, 11) is 0. The lowest BCUT2D eigenvalue weighted by atomic mass is 9.95. The summed E-state index contributed by atoms with van der Waals surface area (Å²) in [5.41, 5.74) is 7.60. The Morgan fingerprint density at radius 1 is 1.27 bits per heavy atom. The van der Waals surface area contributed by atoms with Crippen LogP contribution < -0.4 is 5.73 Å². The van der Waals surface area contributed by atoms with Crippen molar-refractivity contribution in [2.75, 3.05) is 19.7 Å². The van der Waals surface area contributed by atoms with E-state index < -0.39 is 5.97 Å². The fourth-order valence-electron chi connectivity index (χ4n) is 3.56. The average molecular weight is 361 g/mol. The number of allylic oxidation sites excluding steroid dienone is 1. The van der Waals surface area contributed by atoms with Gasteiger partial charge in [0.1, 0.15) is 5.69 Å². The molecule has 142 valence electrons. The number of nitrogens with two attached hydrogens (primary N) is 1. The highest BCUT2D eigenvalue weighted by molar-refractivity contribution is 6.01. The van der Waals surface area contributed by atoms with E-state index in [1.54, 1.807) is 29.4 Å². The van der Waals surface area contributed by atoms with Crippen LogP contribution in [-0.4, -0.2) is 46.9 Å². The predicted molar refractivity (Wildman–Crippen MR) is 97.9 cm³/mol. The molecule has 26 heavy (non-hydrogen) atoms. The van der Waals surface area contributed by atoms with Crippen LogP contribution in [0.3, 0.4) is 0 Å². The average Bonchev–Trinajstić information content (AvgIpc) is 2.85. The number of piperidine rings is 1. The summed E-state index contributed by atoms with van der Waals surface area (Å²) in [6.07, 6.45) is 2.82. The van der Waals surface area contributed by atoms with Gasteiger partial charge in [0, 0.05) is 31.2 Å². The second kappa shape index (κ2) is 8.21. The summed E-state index contributed by atoms with van der Waals surface area (Å²) in [5.74, 6) is -1.06. The fraction of sp³-hybridized carbons (Fsp3) is 0.526. The number of likely N-dealkylation sites (tertiary alicyclic amines) is 1. The molecule has 7 nitrogen and oxygen atoms in total. The molecule has 0 radical (unpaired) electrons. The number of carbonyl (C=O) groups excluding carboxylic acids is 3. The van der Waals surface area contributed by atoms with Gasteiger partial charge in [0.05, 0.1) is 12.2 Å². The number of primary amides is 1. The van der Waals surface area contributed by atoms with Crippen molar-refractivity contribution < 1.29 is 19.1 Å². The van der Waals surface area contributed by atoms with E-state index in [1.165, 1.54) is 0 Å². The summed E-state index contributed by atoms with van der Waals surface area (Å²) in [6, 6.07) is 0. The van der Waals surface area contributed by atoms with E-state index in [4.69, 9.17) is 10.5 Å². The van der Waals surface area contributed by atoms with Crippen molar-refractivity contribution in [1.29, 1.82) is 0 Å². The van der Waals surface area contributed by atoms with Crippen molar-refractivity contribution in [1.82, 2.24) is 9.47 Å². The zero-order chi connectivity index (χ0) is 19.4. The van der Waals surface area contributed by atoms with Gasteiger partial charge in [0.25, 0.3) is 5.91 Å². The third-order valence-electron chi connectivity index (χ3n) is 4.95. The Morgan fingerprint density at radius 3 is 2.38 bits per heavy atom. The molecule has 1 aliphatic rings. The van der Waals surface area contributed by atoms with Crippen molar-refractivity contribution >= 4 is 17.8 Å². The molecule has 1 aliphatic heterocycles. The van der Waals surface area contributed by atoms with E-state index in [0.29, 0.717) is 55.0 Å². The molecule has 2 amide bonds. The first-order valence-corrected chi connectivity index (χ1v) is 8.89. The third-order valence-corrected chi connectivity index (χ3v) is 4.95. The Balaban J connectivity index is 2.35. The standard InChI is InChI=1S/C19H27N3O4/c1-5-9-22-13(4)15(12(3)16(22)19(25)26-6-2)18(24)21-10-7-14(8-11-21)17(20)23/h5,14H,1,6-11H2,2-4H3,(H2,20,23). The van der Waals surface area contributed by atoms with Gasteiger partial charge in [-0.3, -0.25) is 9.59 Å². The van der Waals surface area contributed by atoms with Crippen LogP contribution in [0.25, 0.3) is 0 Å². The molecule has 2 N–H and O–H groups in total. The van der Waals surface area contributed by atoms with Crippen molar-refractivity contribution in [3.8, 4) is 0 Å². The second-order valence-corrected chi connectivity index (χ2v) is 6.52. The summed E-state index contributed by atoms with van der Waals surface area (Å²) in [4.78, 5) is 38.5. The van der Waals surface area contributed by atoms with Gasteiger partial charge in [-0.15, -0.1) is 6.58 Å². The van der Waals surface area contributed by atoms with Gasteiger partial charge >= 0.3 is 5.97 Å². The van der Waals surface area contributed by atoms with Crippen LogP contribution in [0.1, 0.15) is 51.9 Å². The minimum absolute atomic E-state index is 0.128. The highest BCUT2D eigenvalue weighted by Gasteiger charge is 2.32. The number of hydrogen-bond acceptors (Lipinski definition) is 4. The molecule has 1 aromatic heterocycles. The van der Waals surface area contributed by atoms with Crippen LogP contribution in [-0.2, 0) is 16.1 Å². The highest BCUT2D eigenvalue weighted by Crippen LogP contribution is 2.27. The third kappa shape index (κ3) is 3.66. The molecule has 1 fully saturated rings. The normalized spacial score (nSPS) is 15.0. The molecule has 7 heteroatoms. The first-order valence-electron chi connectivity index (χ1n) is 8.89. The Hall–Kier alpha value is -2.57. The molecular weight excluding hydrogens is 334 g/mol. The fourth-order valence-corrected chi connectivity index (χ4v) is 3.56. The van der Waals surface area contributed by atoms with Gasteiger partial charge in [0.15, 0.2) is 0 Å². The smallest absolute Gasteiger partial charge is 0.355 e. The zero-order valence-electron chi connectivity index (χ0n) is 15.7. The van der Waals surface area contributed by atoms with E-state index in [9.17, 15) is 14.4 Å². The Morgan fingerprint density at radius 2 is 1.88 bits per heavy atom. The number of aromatic nitrogens is 1. The minimum atomic E-state index is -0.443. The lowest BCUT2D eigenvalue weighted by molar-refractivity contribution is -0.123. The number of ether oxygens (including phenoxy) is 1. The molecule has 0 aliphatic carbocycles. The molecule has 0 saturated carbocycles. The molecule has 2 heterocycles. The van der Waals surface area contributed by atoms with E-state index in [-0.39, 0.29) is 24.3 Å². The first-order chi connectivity index (χ1) is 12.3. The van der Waals surface area contributed by atoms with E-state index in [1.807, 2.05) is 6.92 Å². The number of carbonyl (C=O) groups is 3. The number of esters is 1. The van der Waals surface area contributed by atoms with Gasteiger partial charge < -0.3 is 19.9 Å². The number of nitrogens with zero attached hydrogens (tertiary/aromatic N) is 2. The zero-order valence-corrected chi connectivity index (χ0v) is 15.7. The van der Waals surface area contributed by atoms with Gasteiger partial charge in [-0.05, 0) is 39.2 Å². The Kier molecular flexibility index (Phi) is 6.23. The molecule has 0 unspecified atom stereocenters. The Labute approximate surface area is 153 Å². The van der Waals surface area contributed by atoms with Crippen molar-refractivity contribution in [2.24, 2.45) is 11.7 Å². The van der Waals surface area contributed by atoms with Crippen LogP contribution in [0, 0.1) is 19.8 Å². The van der Waals surface area contributed by atoms with E-state index in [2.05, 4.69) is 6.58 Å². The SMILES string of the molecule is C=CCn1c(C)c(C(=O)N2CCC(C(N)=O)CC2)c(C)c1C(=O)OCC. The molecule has 0 atom stereocenters. The summed E-state index contributed by atoms with van der Waals surface area (Å²) < 4.78 is 6.93. The lowest BCUT2D eigenvalue weighted by Gasteiger charge is -2.30. The van der Waals surface area contributed by atoms with Crippen LogP contribution in [0.2, 0.25) is 0 Å². The number of rotatable bonds is 6. The Bertz CT molecular complexity index is 728. The predicted octanol–water partition coefficient (Wildman–Crippen LogP) is 1.81. The maximum Gasteiger partial charge on any atom is 0.355 e. The van der Waals surface area contributed by atoms with Gasteiger partial charge in [-0.1, -0.05) is 6.08 Å². The number of hydrogen-bond donors (Lipinski definition) is 1. The van der Waals surface area contributed by atoms with Gasteiger partial charge in [-0.25, -0.2) is 4.79 Å². The van der Waals surface area contributed by atoms with Crippen LogP contribution in [0.4, 0.5) is 0 Å². The summed E-state index contributed by atoms with van der Waals surface area (Å²) in [6.45, 7) is 10.7. The molecular formula is C19H27N3O4. The van der Waals surface area contributed by atoms with Gasteiger partial charge in [0.2, 0.25) is 5.91 Å². The van der Waals surface area contributed by atoms with Crippen molar-refractivity contribution in [3.05, 3.63) is 35.2 Å². The second-order valence-electron chi connectivity index (χ2n) is 6.52. The summed E-state index contributed by atoms with van der Waals surface area (Å²) >= 11 is 0. The highest BCUT2D eigenvalue weighted by atomic mass is 16.5. The first kappa shape index (κ1) is 19.8. The van der Waals surface area contributed by atoms with Crippen LogP contribution in [0.15, 0.2) is 12.7 Å². The largest absolute Gasteiger partial charge is 0.461 e. The molecule has 2 rings (SSSR count).